The Hall–Kier alpha value is -1.35. The Bertz CT molecular complexity index is 504. The van der Waals surface area contributed by atoms with Gasteiger partial charge in [0, 0.05) is 17.6 Å². The summed E-state index contributed by atoms with van der Waals surface area (Å²) in [7, 11) is 0. The van der Waals surface area contributed by atoms with E-state index >= 15 is 0 Å². The van der Waals surface area contributed by atoms with E-state index in [9.17, 15) is 4.79 Å². The maximum Gasteiger partial charge on any atom is 0.227 e. The molecule has 0 aliphatic heterocycles. The average molecular weight is 286 g/mol. The maximum absolute atomic E-state index is 12.3. The highest BCUT2D eigenvalue weighted by Gasteiger charge is 2.47. The number of rotatable bonds is 6. The summed E-state index contributed by atoms with van der Waals surface area (Å²) < 4.78 is 0. The molecule has 1 aromatic rings. The summed E-state index contributed by atoms with van der Waals surface area (Å²) in [6.07, 6.45) is 4.69. The summed E-state index contributed by atoms with van der Waals surface area (Å²) >= 11 is 0. The van der Waals surface area contributed by atoms with Gasteiger partial charge in [0.25, 0.3) is 0 Å². The Balaban J connectivity index is 1.58. The Labute approximate surface area is 127 Å². The molecule has 3 rings (SSSR count). The second kappa shape index (κ2) is 6.18. The van der Waals surface area contributed by atoms with Crippen molar-refractivity contribution in [2.24, 2.45) is 17.8 Å². The van der Waals surface area contributed by atoms with Gasteiger partial charge in [0.1, 0.15) is 0 Å². The largest absolute Gasteiger partial charge is 0.326 e. The summed E-state index contributed by atoms with van der Waals surface area (Å²) in [6, 6.07) is 8.56. The van der Waals surface area contributed by atoms with Crippen molar-refractivity contribution in [1.29, 1.82) is 0 Å². The predicted molar refractivity (Wildman–Crippen MR) is 86.1 cm³/mol. The molecule has 2 aliphatic rings. The van der Waals surface area contributed by atoms with Gasteiger partial charge in [0.2, 0.25) is 5.91 Å². The van der Waals surface area contributed by atoms with Crippen molar-refractivity contribution in [3.05, 3.63) is 29.8 Å². The fourth-order valence-corrected chi connectivity index (χ4v) is 3.54. The van der Waals surface area contributed by atoms with E-state index in [0.717, 1.165) is 43.3 Å². The summed E-state index contributed by atoms with van der Waals surface area (Å²) in [5.41, 5.74) is 2.17. The second-order valence-corrected chi connectivity index (χ2v) is 6.71. The first-order chi connectivity index (χ1) is 10.2. The van der Waals surface area contributed by atoms with Gasteiger partial charge in [0.15, 0.2) is 0 Å². The number of hydrogen-bond acceptors (Lipinski definition) is 2. The van der Waals surface area contributed by atoms with Gasteiger partial charge >= 0.3 is 0 Å². The van der Waals surface area contributed by atoms with Crippen LogP contribution in [0.25, 0.3) is 0 Å². The topological polar surface area (TPSA) is 41.1 Å². The molecule has 3 heteroatoms. The minimum absolute atomic E-state index is 0.216. The fourth-order valence-electron chi connectivity index (χ4n) is 3.54. The first-order valence-electron chi connectivity index (χ1n) is 8.31. The van der Waals surface area contributed by atoms with Gasteiger partial charge in [0.05, 0.1) is 0 Å². The van der Waals surface area contributed by atoms with Crippen LogP contribution in [-0.2, 0) is 4.79 Å². The molecule has 0 spiro atoms. The molecule has 2 saturated carbocycles. The molecule has 0 aromatic heterocycles. The molecule has 2 aliphatic carbocycles. The molecular formula is C18H26N2O. The van der Waals surface area contributed by atoms with E-state index in [4.69, 9.17) is 0 Å². The Morgan fingerprint density at radius 3 is 2.76 bits per heavy atom. The van der Waals surface area contributed by atoms with Gasteiger partial charge in [-0.25, -0.2) is 0 Å². The highest BCUT2D eigenvalue weighted by molar-refractivity contribution is 5.93. The molecule has 0 radical (unpaired) electrons. The molecular weight excluding hydrogens is 260 g/mol. The summed E-state index contributed by atoms with van der Waals surface area (Å²) in [5.74, 6) is 2.16. The van der Waals surface area contributed by atoms with Gasteiger partial charge in [-0.2, -0.15) is 0 Å². The lowest BCUT2D eigenvalue weighted by Gasteiger charge is -2.16. The van der Waals surface area contributed by atoms with Crippen molar-refractivity contribution in [1.82, 2.24) is 5.32 Å². The van der Waals surface area contributed by atoms with Crippen LogP contribution >= 0.6 is 0 Å². The number of fused-ring (bicyclic) bond motifs is 1. The number of hydrogen-bond donors (Lipinski definition) is 2. The van der Waals surface area contributed by atoms with Crippen LogP contribution in [0.1, 0.15) is 51.1 Å². The standard InChI is InChI=1S/C18H26N2O/c1-3-7-19-12(2)13-5-4-6-17(11-13)20-18(21)16-9-14-8-15(14)10-16/h4-6,11-12,14-16,19H,3,7-10H2,1-2H3,(H,20,21). The zero-order valence-electron chi connectivity index (χ0n) is 13.1. The van der Waals surface area contributed by atoms with Gasteiger partial charge in [-0.3, -0.25) is 4.79 Å². The molecule has 3 atom stereocenters. The van der Waals surface area contributed by atoms with Crippen LogP contribution < -0.4 is 10.6 Å². The second-order valence-electron chi connectivity index (χ2n) is 6.71. The van der Waals surface area contributed by atoms with Crippen molar-refractivity contribution in [3.8, 4) is 0 Å². The molecule has 2 N–H and O–H groups in total. The summed E-state index contributed by atoms with van der Waals surface area (Å²) in [4.78, 5) is 12.3. The van der Waals surface area contributed by atoms with E-state index in [1.54, 1.807) is 0 Å². The van der Waals surface area contributed by atoms with Crippen molar-refractivity contribution < 1.29 is 4.79 Å². The number of carbonyl (C=O) groups excluding carboxylic acids is 1. The number of amides is 1. The molecule has 21 heavy (non-hydrogen) atoms. The van der Waals surface area contributed by atoms with Gasteiger partial charge in [-0.1, -0.05) is 19.1 Å². The van der Waals surface area contributed by atoms with Crippen LogP contribution in [0.4, 0.5) is 5.69 Å². The van der Waals surface area contributed by atoms with E-state index in [-0.39, 0.29) is 11.8 Å². The van der Waals surface area contributed by atoms with Crippen LogP contribution in [0.3, 0.4) is 0 Å². The van der Waals surface area contributed by atoms with Crippen LogP contribution in [0.5, 0.6) is 0 Å². The smallest absolute Gasteiger partial charge is 0.227 e. The van der Waals surface area contributed by atoms with Crippen LogP contribution in [0, 0.1) is 17.8 Å². The van der Waals surface area contributed by atoms with E-state index < -0.39 is 0 Å². The predicted octanol–water partition coefficient (Wildman–Crippen LogP) is 3.73. The molecule has 0 bridgehead atoms. The van der Waals surface area contributed by atoms with Crippen LogP contribution in [-0.4, -0.2) is 12.5 Å². The SMILES string of the molecule is CCCNC(C)c1cccc(NC(=O)C2CC3CC3C2)c1. The molecule has 0 saturated heterocycles. The van der Waals surface area contributed by atoms with Crippen molar-refractivity contribution >= 4 is 11.6 Å². The van der Waals surface area contributed by atoms with Crippen LogP contribution in [0.15, 0.2) is 24.3 Å². The van der Waals surface area contributed by atoms with Crippen molar-refractivity contribution in [2.75, 3.05) is 11.9 Å². The third kappa shape index (κ3) is 3.46. The monoisotopic (exact) mass is 286 g/mol. The summed E-state index contributed by atoms with van der Waals surface area (Å²) in [5, 5.41) is 6.59. The zero-order valence-corrected chi connectivity index (χ0v) is 13.1. The maximum atomic E-state index is 12.3. The Morgan fingerprint density at radius 2 is 2.05 bits per heavy atom. The minimum atomic E-state index is 0.216. The Kier molecular flexibility index (Phi) is 4.29. The summed E-state index contributed by atoms with van der Waals surface area (Å²) in [6.45, 7) is 5.35. The van der Waals surface area contributed by atoms with Gasteiger partial charge < -0.3 is 10.6 Å². The van der Waals surface area contributed by atoms with Crippen molar-refractivity contribution in [2.45, 2.75) is 45.6 Å². The average Bonchev–Trinajstić information content (AvgIpc) is 3.11. The van der Waals surface area contributed by atoms with Gasteiger partial charge in [-0.05, 0) is 68.7 Å². The minimum Gasteiger partial charge on any atom is -0.326 e. The lowest BCUT2D eigenvalue weighted by atomic mass is 10.0. The molecule has 2 fully saturated rings. The molecule has 1 aromatic carbocycles. The number of nitrogens with one attached hydrogen (secondary N) is 2. The number of carbonyl (C=O) groups is 1. The van der Waals surface area contributed by atoms with Gasteiger partial charge in [-0.15, -0.1) is 0 Å². The fraction of sp³-hybridized carbons (Fsp3) is 0.611. The van der Waals surface area contributed by atoms with E-state index in [2.05, 4.69) is 36.6 Å². The highest BCUT2D eigenvalue weighted by atomic mass is 16.1. The quantitative estimate of drug-likeness (QED) is 0.836. The first-order valence-corrected chi connectivity index (χ1v) is 8.31. The normalized spacial score (nSPS) is 28.0. The zero-order chi connectivity index (χ0) is 14.8. The highest BCUT2D eigenvalue weighted by Crippen LogP contribution is 2.54. The Morgan fingerprint density at radius 1 is 1.29 bits per heavy atom. The molecule has 0 heterocycles. The number of benzene rings is 1. The molecule has 1 amide bonds. The van der Waals surface area contributed by atoms with Crippen molar-refractivity contribution in [3.63, 3.8) is 0 Å². The third-order valence-electron chi connectivity index (χ3n) is 4.97. The molecule has 3 nitrogen and oxygen atoms in total. The lowest BCUT2D eigenvalue weighted by molar-refractivity contribution is -0.120. The third-order valence-corrected chi connectivity index (χ3v) is 4.97. The van der Waals surface area contributed by atoms with Crippen LogP contribution in [0.2, 0.25) is 0 Å². The van der Waals surface area contributed by atoms with E-state index in [0.29, 0.717) is 6.04 Å². The van der Waals surface area contributed by atoms with E-state index in [1.807, 2.05) is 12.1 Å². The van der Waals surface area contributed by atoms with E-state index in [1.165, 1.54) is 12.0 Å². The number of anilines is 1. The molecule has 114 valence electrons. The first kappa shape index (κ1) is 14.6. The molecule has 3 unspecified atom stereocenters. The lowest BCUT2D eigenvalue weighted by Crippen LogP contribution is -2.22.